The van der Waals surface area contributed by atoms with Crippen LogP contribution in [0, 0.1) is 0 Å². The van der Waals surface area contributed by atoms with Crippen LogP contribution in [0.2, 0.25) is 5.02 Å². The van der Waals surface area contributed by atoms with E-state index in [0.29, 0.717) is 23.7 Å². The van der Waals surface area contributed by atoms with E-state index >= 15 is 0 Å². The second kappa shape index (κ2) is 4.31. The Kier molecular flexibility index (Phi) is 3.03. The molecular weight excluding hydrogens is 230 g/mol. The van der Waals surface area contributed by atoms with Gasteiger partial charge in [0.15, 0.2) is 0 Å². The predicted octanol–water partition coefficient (Wildman–Crippen LogP) is 2.40. The highest BCUT2D eigenvalue weighted by molar-refractivity contribution is 6.30. The summed E-state index contributed by atoms with van der Waals surface area (Å²) in [7, 11) is 1.57. The van der Waals surface area contributed by atoms with Crippen molar-refractivity contribution >= 4 is 23.4 Å². The topological polar surface area (TPSA) is 49.8 Å². The molecule has 1 aromatic rings. The van der Waals surface area contributed by atoms with E-state index in [9.17, 15) is 4.79 Å². The van der Waals surface area contributed by atoms with Crippen molar-refractivity contribution in [2.45, 2.75) is 12.5 Å². The Morgan fingerprint density at radius 1 is 1.69 bits per heavy atom. The van der Waals surface area contributed by atoms with Crippen molar-refractivity contribution in [1.82, 2.24) is 0 Å². The van der Waals surface area contributed by atoms with E-state index in [0.717, 1.165) is 5.56 Å². The van der Waals surface area contributed by atoms with E-state index in [-0.39, 0.29) is 6.04 Å². The predicted molar refractivity (Wildman–Crippen MR) is 61.3 cm³/mol. The number of methoxy groups -OCH3 is 1. The van der Waals surface area contributed by atoms with Crippen LogP contribution in [0.1, 0.15) is 5.56 Å². The second-order valence-corrected chi connectivity index (χ2v) is 4.18. The third kappa shape index (κ3) is 1.86. The average Bonchev–Trinajstić information content (AvgIpc) is 2.55. The van der Waals surface area contributed by atoms with E-state index in [1.165, 1.54) is 4.90 Å². The van der Waals surface area contributed by atoms with Crippen molar-refractivity contribution in [3.8, 4) is 0 Å². The molecule has 0 saturated heterocycles. The first-order valence-corrected chi connectivity index (χ1v) is 5.31. The van der Waals surface area contributed by atoms with Crippen LogP contribution in [0.15, 0.2) is 18.2 Å². The molecule has 1 aliphatic rings. The number of ether oxygens (including phenoxy) is 1. The Morgan fingerprint density at radius 2 is 2.44 bits per heavy atom. The van der Waals surface area contributed by atoms with E-state index in [4.69, 9.17) is 21.4 Å². The maximum atomic E-state index is 11.2. The molecule has 16 heavy (non-hydrogen) atoms. The quantitative estimate of drug-likeness (QED) is 0.865. The van der Waals surface area contributed by atoms with Crippen molar-refractivity contribution in [2.75, 3.05) is 18.6 Å². The Labute approximate surface area is 98.4 Å². The molecule has 0 radical (unpaired) electrons. The number of halogens is 1. The Morgan fingerprint density at radius 3 is 3.06 bits per heavy atom. The van der Waals surface area contributed by atoms with Gasteiger partial charge in [-0.25, -0.2) is 4.79 Å². The van der Waals surface area contributed by atoms with Crippen LogP contribution in [0.25, 0.3) is 0 Å². The zero-order valence-corrected chi connectivity index (χ0v) is 9.57. The molecule has 0 aliphatic carbocycles. The van der Waals surface area contributed by atoms with Crippen molar-refractivity contribution in [3.63, 3.8) is 0 Å². The molecule has 1 aliphatic heterocycles. The number of carbonyl (C=O) groups is 1. The molecule has 86 valence electrons. The minimum absolute atomic E-state index is 0.157. The minimum atomic E-state index is -0.955. The zero-order chi connectivity index (χ0) is 11.7. The standard InChI is InChI=1S/C11H12ClNO3/c1-16-6-9-5-7-4-8(12)2-3-10(7)13(9)11(14)15/h2-4,9H,5-6H2,1H3,(H,14,15). The fourth-order valence-corrected chi connectivity index (χ4v) is 2.27. The molecule has 1 amide bonds. The van der Waals surface area contributed by atoms with Crippen LogP contribution in [-0.4, -0.2) is 31.0 Å². The number of benzene rings is 1. The Hall–Kier alpha value is -1.26. The summed E-state index contributed by atoms with van der Waals surface area (Å²) in [6.07, 6.45) is -0.307. The van der Waals surface area contributed by atoms with Crippen LogP contribution in [-0.2, 0) is 11.2 Å². The lowest BCUT2D eigenvalue weighted by molar-refractivity contribution is 0.167. The monoisotopic (exact) mass is 241 g/mol. The lowest BCUT2D eigenvalue weighted by Crippen LogP contribution is -2.39. The SMILES string of the molecule is COCC1Cc2cc(Cl)ccc2N1C(=O)O. The summed E-state index contributed by atoms with van der Waals surface area (Å²) in [6.45, 7) is 0.387. The number of anilines is 1. The minimum Gasteiger partial charge on any atom is -0.465 e. The fraction of sp³-hybridized carbons (Fsp3) is 0.364. The highest BCUT2D eigenvalue weighted by Gasteiger charge is 2.33. The van der Waals surface area contributed by atoms with Crippen molar-refractivity contribution in [3.05, 3.63) is 28.8 Å². The van der Waals surface area contributed by atoms with Gasteiger partial charge >= 0.3 is 6.09 Å². The van der Waals surface area contributed by atoms with Crippen LogP contribution < -0.4 is 4.90 Å². The van der Waals surface area contributed by atoms with Gasteiger partial charge in [-0.1, -0.05) is 11.6 Å². The average molecular weight is 242 g/mol. The highest BCUT2D eigenvalue weighted by Crippen LogP contribution is 2.34. The van der Waals surface area contributed by atoms with Crippen LogP contribution >= 0.6 is 11.6 Å². The molecule has 1 atom stereocenters. The molecule has 0 spiro atoms. The fourth-order valence-electron chi connectivity index (χ4n) is 2.08. The third-order valence-electron chi connectivity index (χ3n) is 2.69. The first-order chi connectivity index (χ1) is 7.63. The number of amides is 1. The molecule has 0 saturated carbocycles. The summed E-state index contributed by atoms with van der Waals surface area (Å²) >= 11 is 5.88. The van der Waals surface area contributed by atoms with Gasteiger partial charge in [-0.05, 0) is 30.2 Å². The van der Waals surface area contributed by atoms with Gasteiger partial charge in [0.25, 0.3) is 0 Å². The van der Waals surface area contributed by atoms with Gasteiger partial charge < -0.3 is 9.84 Å². The maximum absolute atomic E-state index is 11.2. The van der Waals surface area contributed by atoms with Crippen LogP contribution in [0.3, 0.4) is 0 Å². The summed E-state index contributed by atoms with van der Waals surface area (Å²) in [5.41, 5.74) is 1.66. The molecule has 4 nitrogen and oxygen atoms in total. The van der Waals surface area contributed by atoms with Crippen molar-refractivity contribution < 1.29 is 14.6 Å². The highest BCUT2D eigenvalue weighted by atomic mass is 35.5. The molecular formula is C11H12ClNO3. The number of fused-ring (bicyclic) bond motifs is 1. The molecule has 0 bridgehead atoms. The molecule has 0 aromatic heterocycles. The Balaban J connectivity index is 2.37. The molecule has 5 heteroatoms. The first kappa shape index (κ1) is 11.2. The van der Waals surface area contributed by atoms with Gasteiger partial charge in [0.05, 0.1) is 18.3 Å². The summed E-state index contributed by atoms with van der Waals surface area (Å²) in [5.74, 6) is 0. The number of carboxylic acid groups (broad SMARTS) is 1. The molecule has 2 rings (SSSR count). The lowest BCUT2D eigenvalue weighted by atomic mass is 10.1. The van der Waals surface area contributed by atoms with Crippen molar-refractivity contribution in [2.24, 2.45) is 0 Å². The van der Waals surface area contributed by atoms with E-state index in [1.54, 1.807) is 19.2 Å². The smallest absolute Gasteiger partial charge is 0.412 e. The maximum Gasteiger partial charge on any atom is 0.412 e. The number of hydrogen-bond acceptors (Lipinski definition) is 2. The number of nitrogens with zero attached hydrogens (tertiary/aromatic N) is 1. The molecule has 1 heterocycles. The number of rotatable bonds is 2. The summed E-state index contributed by atoms with van der Waals surface area (Å²) < 4.78 is 5.03. The summed E-state index contributed by atoms with van der Waals surface area (Å²) in [5, 5.41) is 9.79. The van der Waals surface area contributed by atoms with Crippen LogP contribution in [0.5, 0.6) is 0 Å². The van der Waals surface area contributed by atoms with Gasteiger partial charge in [0, 0.05) is 12.1 Å². The van der Waals surface area contributed by atoms with Gasteiger partial charge in [-0.2, -0.15) is 0 Å². The van der Waals surface area contributed by atoms with E-state index in [1.807, 2.05) is 6.07 Å². The van der Waals surface area contributed by atoms with Gasteiger partial charge in [-0.3, -0.25) is 4.90 Å². The van der Waals surface area contributed by atoms with Gasteiger partial charge in [-0.15, -0.1) is 0 Å². The molecule has 1 aromatic carbocycles. The normalized spacial score (nSPS) is 18.6. The molecule has 1 N–H and O–H groups in total. The largest absolute Gasteiger partial charge is 0.465 e. The van der Waals surface area contributed by atoms with Gasteiger partial charge in [0.2, 0.25) is 0 Å². The first-order valence-electron chi connectivity index (χ1n) is 4.93. The lowest BCUT2D eigenvalue weighted by Gasteiger charge is -2.21. The van der Waals surface area contributed by atoms with E-state index < -0.39 is 6.09 Å². The van der Waals surface area contributed by atoms with Crippen LogP contribution in [0.4, 0.5) is 10.5 Å². The second-order valence-electron chi connectivity index (χ2n) is 3.74. The summed E-state index contributed by atoms with van der Waals surface area (Å²) in [6, 6.07) is 5.09. The van der Waals surface area contributed by atoms with E-state index in [2.05, 4.69) is 0 Å². The Bertz CT molecular complexity index is 422. The number of hydrogen-bond donors (Lipinski definition) is 1. The summed E-state index contributed by atoms with van der Waals surface area (Å²) in [4.78, 5) is 12.5. The molecule has 0 fully saturated rings. The molecule has 1 unspecified atom stereocenters. The third-order valence-corrected chi connectivity index (χ3v) is 2.92. The van der Waals surface area contributed by atoms with Crippen molar-refractivity contribution in [1.29, 1.82) is 0 Å². The zero-order valence-electron chi connectivity index (χ0n) is 8.81. The van der Waals surface area contributed by atoms with Gasteiger partial charge in [0.1, 0.15) is 0 Å².